The molecule has 0 saturated carbocycles. The summed E-state index contributed by atoms with van der Waals surface area (Å²) < 4.78 is 0. The van der Waals surface area contributed by atoms with Crippen LogP contribution in [-0.2, 0) is 11.2 Å². The topological polar surface area (TPSA) is 49.3 Å². The second-order valence-electron chi connectivity index (χ2n) is 5.90. The first-order valence-corrected chi connectivity index (χ1v) is 8.85. The van der Waals surface area contributed by atoms with Crippen molar-refractivity contribution in [2.45, 2.75) is 12.5 Å². The van der Waals surface area contributed by atoms with Crippen molar-refractivity contribution in [1.29, 1.82) is 0 Å². The maximum atomic E-state index is 12.4. The highest BCUT2D eigenvalue weighted by Crippen LogP contribution is 2.31. The Hall–Kier alpha value is -2.33. The Labute approximate surface area is 162 Å². The molecule has 0 aliphatic carbocycles. The van der Waals surface area contributed by atoms with E-state index < -0.39 is 6.10 Å². The predicted molar refractivity (Wildman–Crippen MR) is 106 cm³/mol. The molecule has 0 aliphatic heterocycles. The van der Waals surface area contributed by atoms with Crippen molar-refractivity contribution in [2.24, 2.45) is 0 Å². The van der Waals surface area contributed by atoms with Gasteiger partial charge in [-0.15, -0.1) is 0 Å². The molecule has 0 aliphatic rings. The number of carbonyl (C=O) groups is 1. The summed E-state index contributed by atoms with van der Waals surface area (Å²) in [6.07, 6.45) is -0.679. The molecule has 0 heterocycles. The van der Waals surface area contributed by atoms with Crippen LogP contribution in [0.15, 0.2) is 72.8 Å². The molecule has 0 aromatic heterocycles. The van der Waals surface area contributed by atoms with Gasteiger partial charge in [-0.1, -0.05) is 65.7 Å². The summed E-state index contributed by atoms with van der Waals surface area (Å²) >= 11 is 12.0. The number of rotatable bonds is 5. The van der Waals surface area contributed by atoms with Gasteiger partial charge in [0.2, 0.25) is 5.91 Å². The summed E-state index contributed by atoms with van der Waals surface area (Å²) in [5.41, 5.74) is 2.66. The van der Waals surface area contributed by atoms with Crippen molar-refractivity contribution in [3.63, 3.8) is 0 Å². The van der Waals surface area contributed by atoms with Crippen LogP contribution in [0.5, 0.6) is 0 Å². The van der Waals surface area contributed by atoms with E-state index in [0.717, 1.165) is 11.1 Å². The maximum absolute atomic E-state index is 12.4. The normalized spacial score (nSPS) is 11.8. The van der Waals surface area contributed by atoms with E-state index in [0.29, 0.717) is 21.3 Å². The number of hydrogen-bond donors (Lipinski definition) is 2. The molecular formula is C21H17Cl2NO2. The van der Waals surface area contributed by atoms with E-state index in [9.17, 15) is 9.90 Å². The molecule has 0 saturated heterocycles. The highest BCUT2D eigenvalue weighted by molar-refractivity contribution is 6.31. The lowest BCUT2D eigenvalue weighted by molar-refractivity contribution is -0.115. The van der Waals surface area contributed by atoms with Gasteiger partial charge in [-0.3, -0.25) is 4.79 Å². The average molecular weight is 386 g/mol. The van der Waals surface area contributed by atoms with Gasteiger partial charge in [-0.25, -0.2) is 0 Å². The first-order chi connectivity index (χ1) is 12.5. The molecule has 1 unspecified atom stereocenters. The lowest BCUT2D eigenvalue weighted by Crippen LogP contribution is -2.16. The van der Waals surface area contributed by atoms with Crippen molar-refractivity contribution in [3.8, 4) is 0 Å². The molecular weight excluding hydrogens is 369 g/mol. The molecule has 1 amide bonds. The molecule has 0 radical (unpaired) electrons. The smallest absolute Gasteiger partial charge is 0.228 e. The second-order valence-corrected chi connectivity index (χ2v) is 6.77. The standard InChI is InChI=1S/C21H17Cl2NO2/c22-16-8-6-14(7-9-16)12-20(25)24-19-11-10-17(23)13-18(19)21(26)15-4-2-1-3-5-15/h1-11,13,21,26H,12H2,(H,24,25). The van der Waals surface area contributed by atoms with Gasteiger partial charge in [0.15, 0.2) is 0 Å². The first kappa shape index (κ1) is 18.5. The van der Waals surface area contributed by atoms with E-state index in [2.05, 4.69) is 5.32 Å². The van der Waals surface area contributed by atoms with Gasteiger partial charge >= 0.3 is 0 Å². The van der Waals surface area contributed by atoms with Crippen molar-refractivity contribution in [2.75, 3.05) is 5.32 Å². The summed E-state index contributed by atoms with van der Waals surface area (Å²) in [4.78, 5) is 12.4. The van der Waals surface area contributed by atoms with E-state index in [1.807, 2.05) is 42.5 Å². The summed E-state index contributed by atoms with van der Waals surface area (Å²) in [6, 6.07) is 21.4. The lowest BCUT2D eigenvalue weighted by atomic mass is 9.99. The van der Waals surface area contributed by atoms with Crippen LogP contribution >= 0.6 is 23.2 Å². The molecule has 0 bridgehead atoms. The number of hydrogen-bond acceptors (Lipinski definition) is 2. The molecule has 5 heteroatoms. The zero-order valence-electron chi connectivity index (χ0n) is 13.8. The zero-order chi connectivity index (χ0) is 18.5. The Balaban J connectivity index is 1.81. The highest BCUT2D eigenvalue weighted by Gasteiger charge is 2.17. The third kappa shape index (κ3) is 4.64. The number of amides is 1. The molecule has 0 fully saturated rings. The molecule has 3 rings (SSSR count). The summed E-state index contributed by atoms with van der Waals surface area (Å²) in [6.45, 7) is 0. The van der Waals surface area contributed by atoms with Crippen molar-refractivity contribution < 1.29 is 9.90 Å². The lowest BCUT2D eigenvalue weighted by Gasteiger charge is -2.17. The summed E-state index contributed by atoms with van der Waals surface area (Å²) in [5, 5.41) is 14.7. The molecule has 1 atom stereocenters. The maximum Gasteiger partial charge on any atom is 0.228 e. The minimum Gasteiger partial charge on any atom is -0.384 e. The fourth-order valence-corrected chi connectivity index (χ4v) is 2.98. The van der Waals surface area contributed by atoms with E-state index in [4.69, 9.17) is 23.2 Å². The minimum atomic E-state index is -0.888. The Kier molecular flexibility index (Phi) is 5.94. The van der Waals surface area contributed by atoms with E-state index in [-0.39, 0.29) is 12.3 Å². The van der Waals surface area contributed by atoms with Crippen LogP contribution in [0.3, 0.4) is 0 Å². The SMILES string of the molecule is O=C(Cc1ccc(Cl)cc1)Nc1ccc(Cl)cc1C(O)c1ccccc1. The fourth-order valence-electron chi connectivity index (χ4n) is 2.67. The van der Waals surface area contributed by atoms with Crippen molar-refractivity contribution in [1.82, 2.24) is 0 Å². The van der Waals surface area contributed by atoms with E-state index >= 15 is 0 Å². The van der Waals surface area contributed by atoms with E-state index in [1.165, 1.54) is 0 Å². The summed E-state index contributed by atoms with van der Waals surface area (Å²) in [7, 11) is 0. The van der Waals surface area contributed by atoms with Gasteiger partial charge in [0, 0.05) is 21.3 Å². The number of halogens is 2. The molecule has 26 heavy (non-hydrogen) atoms. The Morgan fingerprint density at radius 2 is 1.58 bits per heavy atom. The summed E-state index contributed by atoms with van der Waals surface area (Å²) in [5.74, 6) is -0.184. The van der Waals surface area contributed by atoms with Crippen LogP contribution in [0, 0.1) is 0 Å². The van der Waals surface area contributed by atoms with Crippen LogP contribution in [-0.4, -0.2) is 11.0 Å². The average Bonchev–Trinajstić information content (AvgIpc) is 2.65. The van der Waals surface area contributed by atoms with Crippen molar-refractivity contribution >= 4 is 34.8 Å². The number of benzene rings is 3. The van der Waals surface area contributed by atoms with Gasteiger partial charge < -0.3 is 10.4 Å². The van der Waals surface area contributed by atoms with Crippen LogP contribution in [0.1, 0.15) is 22.8 Å². The fraction of sp³-hybridized carbons (Fsp3) is 0.0952. The van der Waals surface area contributed by atoms with Crippen molar-refractivity contribution in [3.05, 3.63) is 99.5 Å². The van der Waals surface area contributed by atoms with Gasteiger partial charge in [0.25, 0.3) is 0 Å². The Bertz CT molecular complexity index is 896. The second kappa shape index (κ2) is 8.37. The Morgan fingerprint density at radius 1 is 0.923 bits per heavy atom. The number of nitrogens with one attached hydrogen (secondary N) is 1. The van der Waals surface area contributed by atoms with Gasteiger partial charge in [-0.2, -0.15) is 0 Å². The number of aliphatic hydroxyl groups excluding tert-OH is 1. The monoisotopic (exact) mass is 385 g/mol. The number of anilines is 1. The van der Waals surface area contributed by atoms with Crippen LogP contribution < -0.4 is 5.32 Å². The molecule has 3 aromatic rings. The molecule has 3 nitrogen and oxygen atoms in total. The van der Waals surface area contributed by atoms with Crippen LogP contribution in [0.25, 0.3) is 0 Å². The van der Waals surface area contributed by atoms with Gasteiger partial charge in [0.05, 0.1) is 6.42 Å². The number of carbonyl (C=O) groups excluding carboxylic acids is 1. The predicted octanol–water partition coefficient (Wildman–Crippen LogP) is 5.26. The third-order valence-electron chi connectivity index (χ3n) is 3.98. The molecule has 0 spiro atoms. The molecule has 3 aromatic carbocycles. The van der Waals surface area contributed by atoms with Crippen LogP contribution in [0.2, 0.25) is 10.0 Å². The quantitative estimate of drug-likeness (QED) is 0.629. The first-order valence-electron chi connectivity index (χ1n) is 8.09. The van der Waals surface area contributed by atoms with Gasteiger partial charge in [-0.05, 0) is 41.5 Å². The van der Waals surface area contributed by atoms with E-state index in [1.54, 1.807) is 30.3 Å². The highest BCUT2D eigenvalue weighted by atomic mass is 35.5. The molecule has 132 valence electrons. The number of aliphatic hydroxyl groups is 1. The Morgan fingerprint density at radius 3 is 2.27 bits per heavy atom. The van der Waals surface area contributed by atoms with Gasteiger partial charge in [0.1, 0.15) is 6.10 Å². The zero-order valence-corrected chi connectivity index (χ0v) is 15.3. The minimum absolute atomic E-state index is 0.184. The molecule has 2 N–H and O–H groups in total. The van der Waals surface area contributed by atoms with Crippen LogP contribution in [0.4, 0.5) is 5.69 Å². The largest absolute Gasteiger partial charge is 0.384 e. The third-order valence-corrected chi connectivity index (χ3v) is 4.46.